The van der Waals surface area contributed by atoms with Gasteiger partial charge in [0, 0.05) is 27.1 Å². The Hall–Kier alpha value is -4.08. The highest BCUT2D eigenvalue weighted by Crippen LogP contribution is 2.47. The Balaban J connectivity index is 1.52. The molecule has 2 aliphatic heterocycles. The van der Waals surface area contributed by atoms with Crippen LogP contribution in [0.2, 0.25) is 0 Å². The molecule has 1 nitrogen and oxygen atoms in total. The van der Waals surface area contributed by atoms with E-state index in [0.717, 1.165) is 0 Å². The van der Waals surface area contributed by atoms with Gasteiger partial charge in [-0.2, -0.15) is 0 Å². The van der Waals surface area contributed by atoms with Crippen LogP contribution in [0.4, 0.5) is 17.1 Å². The van der Waals surface area contributed by atoms with Gasteiger partial charge in [0.05, 0.1) is 0 Å². The summed E-state index contributed by atoms with van der Waals surface area (Å²) in [6.07, 6.45) is 0. The predicted octanol–water partition coefficient (Wildman–Crippen LogP) is 8.15. The third-order valence-corrected chi connectivity index (χ3v) is 9.67. The largest absolute Gasteiger partial charge is 0.311 e. The van der Waals surface area contributed by atoms with Crippen molar-refractivity contribution in [3.8, 4) is 22.3 Å². The van der Waals surface area contributed by atoms with E-state index in [9.17, 15) is 0 Å². The van der Waals surface area contributed by atoms with E-state index in [0.29, 0.717) is 0 Å². The first kappa shape index (κ1) is 22.9. The molecule has 186 valence electrons. The maximum Gasteiger partial charge on any atom is 0.260 e. The number of fused-ring (bicyclic) bond motifs is 7. The number of hydrogen-bond acceptors (Lipinski definition) is 2. The SMILES string of the molecule is CC(C)(C)c1ccc2sc3c(c2c1)-c1c(-c2ccccc2)ccc2c1B3c1ccccc1N2c1ccccc1. The van der Waals surface area contributed by atoms with Crippen LogP contribution in [0.3, 0.4) is 0 Å². The predicted molar refractivity (Wildman–Crippen MR) is 171 cm³/mol. The Bertz CT molecular complexity index is 1900. The van der Waals surface area contributed by atoms with Gasteiger partial charge in [-0.1, -0.05) is 99.6 Å². The number of rotatable bonds is 2. The molecule has 0 unspecified atom stereocenters. The molecule has 5 aromatic carbocycles. The summed E-state index contributed by atoms with van der Waals surface area (Å²) in [5, 5.41) is 1.39. The Morgan fingerprint density at radius 2 is 1.38 bits per heavy atom. The summed E-state index contributed by atoms with van der Waals surface area (Å²) in [4.78, 5) is 2.47. The Kier molecular flexibility index (Phi) is 4.81. The Labute approximate surface area is 234 Å². The number of thiophene rings is 1. The lowest BCUT2D eigenvalue weighted by molar-refractivity contribution is 0.591. The quantitative estimate of drug-likeness (QED) is 0.209. The summed E-state index contributed by atoms with van der Waals surface area (Å²) < 4.78 is 2.86. The number of nitrogens with zero attached hydrogens (tertiary/aromatic N) is 1. The molecule has 3 heterocycles. The highest BCUT2D eigenvalue weighted by atomic mass is 32.1. The van der Waals surface area contributed by atoms with E-state index in [1.54, 1.807) is 0 Å². The average Bonchev–Trinajstić information content (AvgIpc) is 3.49. The van der Waals surface area contributed by atoms with E-state index in [-0.39, 0.29) is 12.1 Å². The fourth-order valence-corrected chi connectivity index (χ4v) is 7.94. The summed E-state index contributed by atoms with van der Waals surface area (Å²) in [5.41, 5.74) is 13.5. The minimum Gasteiger partial charge on any atom is -0.311 e. The molecule has 0 fully saturated rings. The molecule has 1 aromatic heterocycles. The molecule has 2 aliphatic rings. The number of benzene rings is 5. The molecule has 6 aromatic rings. The number of anilines is 3. The average molecular weight is 518 g/mol. The molecule has 0 saturated carbocycles. The first-order valence-corrected chi connectivity index (χ1v) is 14.6. The molecular weight excluding hydrogens is 489 g/mol. The first-order valence-electron chi connectivity index (χ1n) is 13.7. The van der Waals surface area contributed by atoms with Crippen LogP contribution in [0.1, 0.15) is 26.3 Å². The number of para-hydroxylation sites is 2. The van der Waals surface area contributed by atoms with Crippen molar-refractivity contribution in [2.75, 3.05) is 4.90 Å². The molecule has 0 bridgehead atoms. The fourth-order valence-electron chi connectivity index (χ4n) is 6.62. The lowest BCUT2D eigenvalue weighted by atomic mass is 9.39. The molecular formula is C36H28BNS. The van der Waals surface area contributed by atoms with Gasteiger partial charge in [-0.15, -0.1) is 11.3 Å². The second kappa shape index (κ2) is 8.21. The maximum absolute atomic E-state index is 2.47. The zero-order valence-electron chi connectivity index (χ0n) is 22.4. The fraction of sp³-hybridized carbons (Fsp3) is 0.111. The van der Waals surface area contributed by atoms with E-state index >= 15 is 0 Å². The first-order chi connectivity index (χ1) is 19.0. The lowest BCUT2D eigenvalue weighted by Gasteiger charge is -2.36. The minimum absolute atomic E-state index is 0.0959. The highest BCUT2D eigenvalue weighted by Gasteiger charge is 2.45. The van der Waals surface area contributed by atoms with E-state index in [2.05, 4.69) is 141 Å². The van der Waals surface area contributed by atoms with Gasteiger partial charge < -0.3 is 4.90 Å². The molecule has 0 N–H and O–H groups in total. The molecule has 0 radical (unpaired) electrons. The highest BCUT2D eigenvalue weighted by molar-refractivity contribution is 7.34. The van der Waals surface area contributed by atoms with Crippen LogP contribution in [-0.2, 0) is 5.41 Å². The molecule has 0 spiro atoms. The van der Waals surface area contributed by atoms with Gasteiger partial charge in [-0.05, 0) is 85.3 Å². The topological polar surface area (TPSA) is 3.24 Å². The van der Waals surface area contributed by atoms with Gasteiger partial charge >= 0.3 is 0 Å². The van der Waals surface area contributed by atoms with Crippen LogP contribution in [-0.4, -0.2) is 6.71 Å². The molecule has 0 aliphatic carbocycles. The summed E-state index contributed by atoms with van der Waals surface area (Å²) >= 11 is 1.98. The van der Waals surface area contributed by atoms with Crippen LogP contribution in [0, 0.1) is 0 Å². The van der Waals surface area contributed by atoms with E-state index in [1.165, 1.54) is 70.7 Å². The Morgan fingerprint density at radius 3 is 2.15 bits per heavy atom. The van der Waals surface area contributed by atoms with Gasteiger partial charge in [0.1, 0.15) is 0 Å². The van der Waals surface area contributed by atoms with E-state index < -0.39 is 0 Å². The van der Waals surface area contributed by atoms with Crippen molar-refractivity contribution in [2.45, 2.75) is 26.2 Å². The normalized spacial score (nSPS) is 13.4. The van der Waals surface area contributed by atoms with Crippen molar-refractivity contribution < 1.29 is 0 Å². The third kappa shape index (κ3) is 3.26. The zero-order valence-corrected chi connectivity index (χ0v) is 23.2. The lowest BCUT2D eigenvalue weighted by Crippen LogP contribution is -2.54. The smallest absolute Gasteiger partial charge is 0.260 e. The van der Waals surface area contributed by atoms with Crippen molar-refractivity contribution in [3.63, 3.8) is 0 Å². The van der Waals surface area contributed by atoms with Crippen LogP contribution in [0.5, 0.6) is 0 Å². The van der Waals surface area contributed by atoms with Crippen molar-refractivity contribution in [2.24, 2.45) is 0 Å². The minimum atomic E-state index is 0.0959. The van der Waals surface area contributed by atoms with E-state index in [4.69, 9.17) is 0 Å². The van der Waals surface area contributed by atoms with Gasteiger partial charge in [0.2, 0.25) is 0 Å². The molecule has 0 amide bonds. The van der Waals surface area contributed by atoms with Crippen molar-refractivity contribution in [3.05, 3.63) is 121 Å². The number of hydrogen-bond donors (Lipinski definition) is 0. The summed E-state index contributed by atoms with van der Waals surface area (Å²) in [7, 11) is 0. The zero-order chi connectivity index (χ0) is 26.3. The maximum atomic E-state index is 2.47. The second-order valence-electron chi connectivity index (χ2n) is 11.8. The van der Waals surface area contributed by atoms with Crippen LogP contribution in [0.15, 0.2) is 115 Å². The molecule has 39 heavy (non-hydrogen) atoms. The van der Waals surface area contributed by atoms with Gasteiger partial charge in [-0.3, -0.25) is 0 Å². The van der Waals surface area contributed by atoms with Crippen LogP contribution in [0.25, 0.3) is 32.3 Å². The second-order valence-corrected chi connectivity index (χ2v) is 12.8. The molecule has 3 heteroatoms. The summed E-state index contributed by atoms with van der Waals surface area (Å²) in [6, 6.07) is 42.7. The monoisotopic (exact) mass is 517 g/mol. The van der Waals surface area contributed by atoms with E-state index in [1.807, 2.05) is 11.3 Å². The van der Waals surface area contributed by atoms with Crippen molar-refractivity contribution in [1.29, 1.82) is 0 Å². The van der Waals surface area contributed by atoms with Crippen LogP contribution >= 0.6 is 11.3 Å². The Morgan fingerprint density at radius 1 is 0.667 bits per heavy atom. The molecule has 0 saturated heterocycles. The van der Waals surface area contributed by atoms with Gasteiger partial charge in [0.15, 0.2) is 0 Å². The van der Waals surface area contributed by atoms with Gasteiger partial charge in [-0.25, -0.2) is 0 Å². The van der Waals surface area contributed by atoms with Crippen molar-refractivity contribution >= 4 is 60.9 Å². The van der Waals surface area contributed by atoms with Crippen molar-refractivity contribution in [1.82, 2.24) is 0 Å². The standard InChI is InChI=1S/C36H28BNS/c1-36(2,3)24-18-21-31-27(22-24)33-32-26(23-12-6-4-7-13-23)19-20-30-34(32)37(35(33)39-31)28-16-10-11-17-29(28)38(30)25-14-8-5-9-15-25/h4-22H,1-3H3. The van der Waals surface area contributed by atoms with Crippen LogP contribution < -0.4 is 20.6 Å². The summed E-state index contributed by atoms with van der Waals surface area (Å²) in [6.45, 7) is 7.17. The molecule has 0 atom stereocenters. The van der Waals surface area contributed by atoms with Gasteiger partial charge in [0.25, 0.3) is 6.71 Å². The summed E-state index contributed by atoms with van der Waals surface area (Å²) in [5.74, 6) is 0. The third-order valence-electron chi connectivity index (χ3n) is 8.43. The molecule has 8 rings (SSSR count).